The molecular formula is C71H81N4O20P. The molecule has 0 saturated carbocycles. The lowest BCUT2D eigenvalue weighted by atomic mass is 9.89. The van der Waals surface area contributed by atoms with Gasteiger partial charge in [0.15, 0.2) is 26.4 Å². The van der Waals surface area contributed by atoms with Crippen LogP contribution in [-0.4, -0.2) is 145 Å². The number of ether oxygens (including phenoxy) is 8. The van der Waals surface area contributed by atoms with Crippen LogP contribution in [0.2, 0.25) is 0 Å². The second-order valence-corrected chi connectivity index (χ2v) is 24.3. The molecule has 2 aliphatic heterocycles. The van der Waals surface area contributed by atoms with Gasteiger partial charge in [-0.05, 0) is 134 Å². The van der Waals surface area contributed by atoms with Crippen LogP contribution in [-0.2, 0) is 104 Å². The van der Waals surface area contributed by atoms with Crippen LogP contribution in [0.3, 0.4) is 0 Å². The van der Waals surface area contributed by atoms with Gasteiger partial charge in [-0.3, -0.25) is 32.7 Å². The Bertz CT molecular complexity index is 3460. The molecule has 6 aromatic rings. The second-order valence-electron chi connectivity index (χ2n) is 22.5. The molecule has 24 nitrogen and oxygen atoms in total. The molecule has 4 unspecified atom stereocenters. The maximum Gasteiger partial charge on any atom is 0.474 e. The summed E-state index contributed by atoms with van der Waals surface area (Å²) in [4.78, 5) is 112. The van der Waals surface area contributed by atoms with E-state index < -0.39 is 119 Å². The van der Waals surface area contributed by atoms with Crippen LogP contribution in [0.4, 0.5) is 0 Å². The molecule has 0 radical (unpaired) electrons. The van der Waals surface area contributed by atoms with Gasteiger partial charge in [-0.2, -0.15) is 0 Å². The average molecular weight is 1340 g/mol. The Hall–Kier alpha value is -9.61. The number of hydrogen-bond donors (Lipinski definition) is 4. The van der Waals surface area contributed by atoms with Crippen molar-refractivity contribution in [2.75, 3.05) is 73.2 Å². The first-order valence-corrected chi connectivity index (χ1v) is 33.2. The Labute approximate surface area is 557 Å². The van der Waals surface area contributed by atoms with Crippen LogP contribution in [0.25, 0.3) is 0 Å². The lowest BCUT2D eigenvalue weighted by Gasteiger charge is -2.26. The number of hydrogen-bond acceptors (Lipinski definition) is 20. The molecule has 0 fully saturated rings. The highest BCUT2D eigenvalue weighted by molar-refractivity contribution is 7.48. The summed E-state index contributed by atoms with van der Waals surface area (Å²) in [5, 5.41) is 11.5. The van der Waals surface area contributed by atoms with E-state index in [0.717, 1.165) is 18.2 Å². The minimum atomic E-state index is -4.48. The number of para-hydroxylation sites is 2. The van der Waals surface area contributed by atoms with E-state index in [1.54, 1.807) is 64.1 Å². The molecular weight excluding hydrogens is 1260 g/mol. The molecule has 0 aromatic heterocycles. The summed E-state index contributed by atoms with van der Waals surface area (Å²) in [7, 11) is -3.35. The van der Waals surface area contributed by atoms with Crippen LogP contribution in [0.5, 0.6) is 23.0 Å². The van der Waals surface area contributed by atoms with Crippen molar-refractivity contribution in [1.82, 2.24) is 21.3 Å². The van der Waals surface area contributed by atoms with Crippen LogP contribution in [0, 0.1) is 0 Å². The summed E-state index contributed by atoms with van der Waals surface area (Å²) >= 11 is 0. The largest absolute Gasteiger partial charge is 0.481 e. The van der Waals surface area contributed by atoms with Crippen molar-refractivity contribution < 1.29 is 94.4 Å². The van der Waals surface area contributed by atoms with E-state index in [0.29, 0.717) is 44.5 Å². The van der Waals surface area contributed by atoms with Crippen LogP contribution in [0.1, 0.15) is 118 Å². The number of rotatable bonds is 21. The molecule has 9 rings (SSSR count). The van der Waals surface area contributed by atoms with Crippen molar-refractivity contribution in [1.29, 1.82) is 0 Å². The predicted octanol–water partition coefficient (Wildman–Crippen LogP) is 7.62. The molecule has 10 bridgehead atoms. The topological polar surface area (TPSA) is 303 Å². The van der Waals surface area contributed by atoms with Crippen molar-refractivity contribution in [2.45, 2.75) is 104 Å². The Morgan fingerprint density at radius 2 is 0.719 bits per heavy atom. The zero-order valence-electron chi connectivity index (χ0n) is 54.8. The second kappa shape index (κ2) is 35.2. The van der Waals surface area contributed by atoms with Gasteiger partial charge >= 0.3 is 31.7 Å². The van der Waals surface area contributed by atoms with Gasteiger partial charge in [-0.1, -0.05) is 97.1 Å². The van der Waals surface area contributed by atoms with Gasteiger partial charge in [-0.15, -0.1) is 0 Å². The quantitative estimate of drug-likeness (QED) is 0.0233. The molecule has 1 aliphatic carbocycles. The van der Waals surface area contributed by atoms with Crippen molar-refractivity contribution in [3.05, 3.63) is 188 Å². The third-order valence-corrected chi connectivity index (χ3v) is 16.7. The SMILES string of the molecule is CCOC(=O)COc1c2cccc1Cc1cc3cc(c1OCC(=O)OCC)Cc1cccc(c1OCC(=O)OCC)Cc1cc(cc(c1OCC(=O)OCC)C2)C(=O)NC(C)C(=O)NC(Cc1ccccc1)COP(=O)(OC)OCC(Cc1ccccc1)NC(=O)C(C)NC3=O. The van der Waals surface area contributed by atoms with Crippen molar-refractivity contribution in [3.63, 3.8) is 0 Å². The van der Waals surface area contributed by atoms with Gasteiger partial charge in [0, 0.05) is 43.9 Å². The maximum absolute atomic E-state index is 15.1. The van der Waals surface area contributed by atoms with Gasteiger partial charge in [0.2, 0.25) is 11.8 Å². The van der Waals surface area contributed by atoms with Crippen molar-refractivity contribution >= 4 is 55.3 Å². The number of carbonyl (C=O) groups is 8. The molecule has 4 amide bonds. The number of fused-ring (bicyclic) bond motifs is 16. The monoisotopic (exact) mass is 1340 g/mol. The standard InChI is InChI=1S/C71H81N4O20P/c1-8-86-60(76)40-90-64-48-24-18-25-49(64)31-53-35-57-37-55(67(53)93-43-63(79)89-11-4)33-51-27-19-26-50(65(51)91-41-61(77)87-9-2)32-54-36-56(34-52(30-48)66(54)92-42-62(78)88-10-3)70(82)72-44(5)68(80)74-58(28-46-20-14-12-15-21-46)38-94-96(84,85-7)95-39-59(29-47-22-16-13-17-23-47)75-69(81)45(6)73-71(57)83/h12-27,34-37,44-45,58-59H,8-11,28-33,38-43H2,1-7H3,(H,72,82)(H,73,83)(H,74,80)(H,75,81). The number of esters is 4. The highest BCUT2D eigenvalue weighted by atomic mass is 31.2. The molecule has 2 heterocycles. The van der Waals surface area contributed by atoms with Crippen LogP contribution < -0.4 is 40.2 Å². The van der Waals surface area contributed by atoms with Gasteiger partial charge in [0.1, 0.15) is 35.1 Å². The van der Waals surface area contributed by atoms with Gasteiger partial charge in [0.05, 0.1) is 51.7 Å². The minimum absolute atomic E-state index is 0.0234. The number of benzene rings is 6. The number of nitrogens with one attached hydrogen (secondary N) is 4. The predicted molar refractivity (Wildman–Crippen MR) is 350 cm³/mol. The number of phosphoric acid groups is 1. The van der Waals surface area contributed by atoms with E-state index >= 15 is 9.59 Å². The molecule has 4 N–H and O–H groups in total. The smallest absolute Gasteiger partial charge is 0.474 e. The normalized spacial score (nSPS) is 18.5. The molecule has 25 heteroatoms. The third-order valence-electron chi connectivity index (χ3n) is 15.4. The minimum Gasteiger partial charge on any atom is -0.481 e. The summed E-state index contributed by atoms with van der Waals surface area (Å²) in [5.74, 6) is -5.04. The van der Waals surface area contributed by atoms with Crippen molar-refractivity contribution in [2.24, 2.45) is 0 Å². The molecule has 0 spiro atoms. The number of phosphoric ester groups is 1. The van der Waals surface area contributed by atoms with E-state index in [1.165, 1.54) is 38.1 Å². The van der Waals surface area contributed by atoms with Crippen LogP contribution in [0.15, 0.2) is 121 Å². The maximum atomic E-state index is 15.1. The van der Waals surface area contributed by atoms with Gasteiger partial charge < -0.3 is 59.2 Å². The molecule has 96 heavy (non-hydrogen) atoms. The Balaban J connectivity index is 1.38. The Kier molecular flexibility index (Phi) is 26.5. The molecule has 3 aliphatic rings. The van der Waals surface area contributed by atoms with E-state index in [-0.39, 0.29) is 99.1 Å². The fraction of sp³-hybridized carbons (Fsp3) is 0.380. The Morgan fingerprint density at radius 3 is 1.00 bits per heavy atom. The fourth-order valence-corrected chi connectivity index (χ4v) is 12.0. The zero-order valence-corrected chi connectivity index (χ0v) is 55.7. The third kappa shape index (κ3) is 20.5. The van der Waals surface area contributed by atoms with Crippen molar-refractivity contribution in [3.8, 4) is 23.0 Å². The number of carbonyl (C=O) groups excluding carboxylic acids is 8. The summed E-state index contributed by atoms with van der Waals surface area (Å²) in [5.41, 5.74) is 4.45. The first-order valence-electron chi connectivity index (χ1n) is 31.7. The summed E-state index contributed by atoms with van der Waals surface area (Å²) in [6, 6.07) is 30.4. The number of amides is 4. The average Bonchev–Trinajstić information content (AvgIpc) is 0.781. The highest BCUT2D eigenvalue weighted by Gasteiger charge is 2.33. The highest BCUT2D eigenvalue weighted by Crippen LogP contribution is 2.49. The van der Waals surface area contributed by atoms with Gasteiger partial charge in [-0.25, -0.2) is 23.7 Å². The summed E-state index contributed by atoms with van der Waals surface area (Å²) in [6.45, 7) is 6.49. The lowest BCUT2D eigenvalue weighted by molar-refractivity contribution is -0.146. The van der Waals surface area contributed by atoms with E-state index in [1.807, 2.05) is 60.7 Å². The van der Waals surface area contributed by atoms with Gasteiger partial charge in [0.25, 0.3) is 11.8 Å². The first kappa shape index (κ1) is 72.2. The first-order chi connectivity index (χ1) is 46.3. The molecule has 510 valence electrons. The van der Waals surface area contributed by atoms with E-state index in [9.17, 15) is 33.3 Å². The zero-order chi connectivity index (χ0) is 68.7. The fourth-order valence-electron chi connectivity index (χ4n) is 11.0. The molecule has 0 saturated heterocycles. The summed E-state index contributed by atoms with van der Waals surface area (Å²) < 4.78 is 79.0. The molecule has 4 atom stereocenters. The Morgan fingerprint density at radius 1 is 0.427 bits per heavy atom. The molecule has 6 aromatic carbocycles. The van der Waals surface area contributed by atoms with Crippen LogP contribution >= 0.6 is 7.82 Å². The van der Waals surface area contributed by atoms with E-state index in [2.05, 4.69) is 21.3 Å². The lowest BCUT2D eigenvalue weighted by Crippen LogP contribution is -2.50. The summed E-state index contributed by atoms with van der Waals surface area (Å²) in [6.07, 6.45) is -0.233. The van der Waals surface area contributed by atoms with E-state index in [4.69, 9.17) is 51.5 Å².